The molecule has 2 atom stereocenters. The Kier molecular flexibility index (Phi) is 19.8. The van der Waals surface area contributed by atoms with Gasteiger partial charge in [0, 0.05) is 60.6 Å². The minimum absolute atomic E-state index is 0.520. The van der Waals surface area contributed by atoms with Crippen LogP contribution in [0.15, 0.2) is 121 Å². The lowest BCUT2D eigenvalue weighted by Crippen LogP contribution is -2.37. The minimum Gasteiger partial charge on any atom is -0.497 e. The zero-order valence-corrected chi connectivity index (χ0v) is 39.3. The number of nitrogens with zero attached hydrogens (tertiary/aromatic N) is 2. The van der Waals surface area contributed by atoms with Crippen LogP contribution in [0.2, 0.25) is 0 Å². The van der Waals surface area contributed by atoms with Crippen LogP contribution in [-0.4, -0.2) is 75.2 Å². The number of esters is 2. The quantitative estimate of drug-likeness (QED) is 0.0457. The molecule has 4 aromatic rings. The fourth-order valence-electron chi connectivity index (χ4n) is 8.61. The zero-order valence-electron chi connectivity index (χ0n) is 39.3. The van der Waals surface area contributed by atoms with Crippen LogP contribution in [-0.2, 0) is 30.3 Å². The highest BCUT2D eigenvalue weighted by Gasteiger charge is 2.40. The summed E-state index contributed by atoms with van der Waals surface area (Å²) in [5.41, 5.74) is 1.05. The minimum atomic E-state index is -1.14. The van der Waals surface area contributed by atoms with Gasteiger partial charge in [0.15, 0.2) is 11.2 Å². The van der Waals surface area contributed by atoms with Gasteiger partial charge < -0.3 is 28.7 Å². The molecule has 0 saturated carbocycles. The monoisotopic (exact) mass is 847 g/mol. The topological polar surface area (TPSA) is 77.5 Å². The maximum absolute atomic E-state index is 14.2. The maximum Gasteiger partial charge on any atom is 0.332 e. The van der Waals surface area contributed by atoms with Crippen molar-refractivity contribution in [3.8, 4) is 11.5 Å². The van der Waals surface area contributed by atoms with E-state index in [-0.39, 0.29) is 0 Å². The Morgan fingerprint density at radius 2 is 0.758 bits per heavy atom. The Bertz CT molecular complexity index is 1770. The molecular weight excluding hydrogens is 773 g/mol. The molecule has 0 aliphatic heterocycles. The molecule has 4 aromatic carbocycles. The molecule has 0 aliphatic carbocycles. The average molecular weight is 847 g/mol. The third-order valence-corrected chi connectivity index (χ3v) is 11.0. The van der Waals surface area contributed by atoms with Crippen LogP contribution in [0.4, 0.5) is 0 Å². The number of methoxy groups -OCH3 is 2. The number of hydrogen-bond donors (Lipinski definition) is 0. The van der Waals surface area contributed by atoms with Crippen LogP contribution in [0.5, 0.6) is 11.5 Å². The van der Waals surface area contributed by atoms with Crippen molar-refractivity contribution < 1.29 is 28.5 Å². The molecule has 0 aliphatic rings. The lowest BCUT2D eigenvalue weighted by molar-refractivity contribution is -0.154. The molecule has 8 nitrogen and oxygen atoms in total. The standard InChI is InChI=1S/C54H74N2O6/c1-41(2)37-55(38-42(3)4)35-17-33-53(45-19-13-11-14-20-45,47-23-27-49(59-9)28-24-47)61-51(57)31-32-52(58)62-54(46-21-15-12-16-22-46,48-25-29-50(60-10)30-26-48)34-18-36-56(39-43(5)6)40-44(7)8/h11-16,19-32,41-44H,17-18,33-40H2,1-10H3/b32-31-. The molecule has 0 aromatic heterocycles. The van der Waals surface area contributed by atoms with Crippen molar-refractivity contribution in [2.24, 2.45) is 23.7 Å². The van der Waals surface area contributed by atoms with Gasteiger partial charge in [-0.1, -0.05) is 140 Å². The largest absolute Gasteiger partial charge is 0.497 e. The van der Waals surface area contributed by atoms with Gasteiger partial charge in [-0.2, -0.15) is 0 Å². The van der Waals surface area contributed by atoms with Crippen LogP contribution < -0.4 is 9.47 Å². The highest BCUT2D eigenvalue weighted by atomic mass is 16.6. The van der Waals surface area contributed by atoms with Crippen molar-refractivity contribution >= 4 is 11.9 Å². The average Bonchev–Trinajstić information content (AvgIpc) is 3.24. The van der Waals surface area contributed by atoms with Crippen LogP contribution in [0.25, 0.3) is 0 Å². The molecule has 0 heterocycles. The summed E-state index contributed by atoms with van der Waals surface area (Å²) in [6.07, 6.45) is 5.02. The van der Waals surface area contributed by atoms with Gasteiger partial charge in [-0.15, -0.1) is 0 Å². The summed E-state index contributed by atoms with van der Waals surface area (Å²) in [6.45, 7) is 23.6. The third kappa shape index (κ3) is 14.9. The number of hydrogen-bond acceptors (Lipinski definition) is 8. The fraction of sp³-hybridized carbons (Fsp3) is 0.481. The molecule has 0 saturated heterocycles. The van der Waals surface area contributed by atoms with Crippen molar-refractivity contribution in [3.05, 3.63) is 144 Å². The normalized spacial score (nSPS) is 13.9. The van der Waals surface area contributed by atoms with E-state index in [4.69, 9.17) is 18.9 Å². The van der Waals surface area contributed by atoms with Gasteiger partial charge >= 0.3 is 11.9 Å². The SMILES string of the molecule is COc1ccc(C(CCCN(CC(C)C)CC(C)C)(OC(=O)/C=C\C(=O)OC(CCCN(CC(C)C)CC(C)C)(c2ccccc2)c2ccc(OC)cc2)c2ccccc2)cc1. The molecule has 0 radical (unpaired) electrons. The van der Waals surface area contributed by atoms with E-state index in [0.717, 1.165) is 74.4 Å². The predicted octanol–water partition coefficient (Wildman–Crippen LogP) is 11.3. The Morgan fingerprint density at radius 1 is 0.468 bits per heavy atom. The highest BCUT2D eigenvalue weighted by molar-refractivity contribution is 5.92. The van der Waals surface area contributed by atoms with E-state index in [1.165, 1.54) is 12.2 Å². The number of carbonyl (C=O) groups is 2. The number of benzene rings is 4. The first-order valence-corrected chi connectivity index (χ1v) is 22.7. The van der Waals surface area contributed by atoms with Crippen LogP contribution in [0.3, 0.4) is 0 Å². The third-order valence-electron chi connectivity index (χ3n) is 11.0. The molecule has 0 amide bonds. The lowest BCUT2D eigenvalue weighted by Gasteiger charge is -2.36. The van der Waals surface area contributed by atoms with E-state index in [1.54, 1.807) is 14.2 Å². The lowest BCUT2D eigenvalue weighted by atomic mass is 9.82. The number of ether oxygens (including phenoxy) is 4. The molecular formula is C54H74N2O6. The van der Waals surface area contributed by atoms with Gasteiger partial charge in [-0.25, -0.2) is 9.59 Å². The zero-order chi connectivity index (χ0) is 45.1. The Hall–Kier alpha value is -4.92. The summed E-state index contributed by atoms with van der Waals surface area (Å²) in [5, 5.41) is 0. The van der Waals surface area contributed by atoms with E-state index in [9.17, 15) is 9.59 Å². The number of rotatable bonds is 26. The molecule has 62 heavy (non-hydrogen) atoms. The maximum atomic E-state index is 14.2. The molecule has 0 fully saturated rings. The smallest absolute Gasteiger partial charge is 0.332 e. The molecule has 4 rings (SSSR count). The summed E-state index contributed by atoms with van der Waals surface area (Å²) >= 11 is 0. The molecule has 2 unspecified atom stereocenters. The van der Waals surface area contributed by atoms with Crippen molar-refractivity contribution in [2.45, 2.75) is 92.3 Å². The summed E-state index contributed by atoms with van der Waals surface area (Å²) in [4.78, 5) is 33.5. The second-order valence-electron chi connectivity index (χ2n) is 18.3. The Balaban J connectivity index is 1.71. The second kappa shape index (κ2) is 24.6. The summed E-state index contributed by atoms with van der Waals surface area (Å²) in [7, 11) is 3.27. The Morgan fingerprint density at radius 3 is 1.03 bits per heavy atom. The van der Waals surface area contributed by atoms with Crippen molar-refractivity contribution in [1.29, 1.82) is 0 Å². The van der Waals surface area contributed by atoms with E-state index >= 15 is 0 Å². The van der Waals surface area contributed by atoms with E-state index < -0.39 is 23.1 Å². The summed E-state index contributed by atoms with van der Waals surface area (Å²) < 4.78 is 24.3. The van der Waals surface area contributed by atoms with Crippen molar-refractivity contribution in [3.63, 3.8) is 0 Å². The Labute approximate surface area is 373 Å². The molecule has 0 spiro atoms. The van der Waals surface area contributed by atoms with E-state index in [2.05, 4.69) is 65.2 Å². The van der Waals surface area contributed by atoms with Crippen LogP contribution in [0.1, 0.15) is 103 Å². The van der Waals surface area contributed by atoms with Crippen molar-refractivity contribution in [1.82, 2.24) is 9.80 Å². The summed E-state index contributed by atoms with van der Waals surface area (Å²) in [5.74, 6) is 2.20. The predicted molar refractivity (Wildman–Crippen MR) is 252 cm³/mol. The molecule has 336 valence electrons. The van der Waals surface area contributed by atoms with Gasteiger partial charge in [-0.3, -0.25) is 0 Å². The van der Waals surface area contributed by atoms with Gasteiger partial charge in [0.05, 0.1) is 14.2 Å². The van der Waals surface area contributed by atoms with Gasteiger partial charge in [0.2, 0.25) is 0 Å². The molecule has 8 heteroatoms. The fourth-order valence-corrected chi connectivity index (χ4v) is 8.61. The molecule has 0 bridgehead atoms. The first kappa shape index (κ1) is 49.7. The van der Waals surface area contributed by atoms with E-state index in [1.807, 2.05) is 109 Å². The van der Waals surface area contributed by atoms with Crippen LogP contribution >= 0.6 is 0 Å². The highest BCUT2D eigenvalue weighted by Crippen LogP contribution is 2.41. The van der Waals surface area contributed by atoms with E-state index in [0.29, 0.717) is 48.0 Å². The van der Waals surface area contributed by atoms with Gasteiger partial charge in [0.25, 0.3) is 0 Å². The van der Waals surface area contributed by atoms with Gasteiger partial charge in [-0.05, 0) is 86.7 Å². The van der Waals surface area contributed by atoms with Crippen LogP contribution in [0, 0.1) is 23.7 Å². The molecule has 0 N–H and O–H groups in total. The first-order chi connectivity index (χ1) is 29.7. The number of carbonyl (C=O) groups excluding carboxylic acids is 2. The first-order valence-electron chi connectivity index (χ1n) is 22.7. The summed E-state index contributed by atoms with van der Waals surface area (Å²) in [6, 6.07) is 35.2. The van der Waals surface area contributed by atoms with Gasteiger partial charge in [0.1, 0.15) is 11.5 Å². The van der Waals surface area contributed by atoms with Crippen molar-refractivity contribution in [2.75, 3.05) is 53.5 Å². The second-order valence-corrected chi connectivity index (χ2v) is 18.3.